The summed E-state index contributed by atoms with van der Waals surface area (Å²) in [5.41, 5.74) is 0.305. The van der Waals surface area contributed by atoms with Crippen molar-refractivity contribution in [3.8, 4) is 6.07 Å². The lowest BCUT2D eigenvalue weighted by Gasteiger charge is -2.36. The average molecular weight is 260 g/mol. The van der Waals surface area contributed by atoms with Gasteiger partial charge in [-0.3, -0.25) is 4.79 Å². The molecule has 1 saturated heterocycles. The van der Waals surface area contributed by atoms with Crippen LogP contribution in [0.1, 0.15) is 5.69 Å². The van der Waals surface area contributed by atoms with Gasteiger partial charge in [-0.15, -0.1) is 0 Å². The lowest BCUT2D eigenvalue weighted by molar-refractivity contribution is -0.130. The van der Waals surface area contributed by atoms with Crippen molar-refractivity contribution in [3.05, 3.63) is 18.0 Å². The Kier molecular flexibility index (Phi) is 3.92. The van der Waals surface area contributed by atoms with E-state index in [9.17, 15) is 4.79 Å². The standard InChI is InChI=1S/C12H16N6O/c1-17(2)11(19)10-8-14-5-6-18(10)12-15-4-3-9(7-13)16-12/h3-4,10,14H,5-6,8H2,1-2H3. The molecule has 1 amide bonds. The number of nitrogens with one attached hydrogen (secondary N) is 1. The van der Waals surface area contributed by atoms with Crippen molar-refractivity contribution >= 4 is 11.9 Å². The van der Waals surface area contributed by atoms with Crippen molar-refractivity contribution in [1.82, 2.24) is 20.2 Å². The molecular weight excluding hydrogens is 244 g/mol. The van der Waals surface area contributed by atoms with E-state index in [0.29, 0.717) is 24.7 Å². The normalized spacial score (nSPS) is 18.8. The zero-order chi connectivity index (χ0) is 13.8. The molecule has 2 heterocycles. The van der Waals surface area contributed by atoms with Gasteiger partial charge < -0.3 is 15.1 Å². The fraction of sp³-hybridized carbons (Fsp3) is 0.500. The van der Waals surface area contributed by atoms with Crippen molar-refractivity contribution < 1.29 is 4.79 Å². The number of anilines is 1. The highest BCUT2D eigenvalue weighted by molar-refractivity contribution is 5.85. The Morgan fingerprint density at radius 2 is 2.42 bits per heavy atom. The van der Waals surface area contributed by atoms with Gasteiger partial charge in [-0.05, 0) is 6.07 Å². The predicted octanol–water partition coefficient (Wildman–Crippen LogP) is -0.785. The molecule has 0 aliphatic carbocycles. The number of likely N-dealkylation sites (N-methyl/N-ethyl adjacent to an activating group) is 1. The van der Waals surface area contributed by atoms with Gasteiger partial charge in [0.2, 0.25) is 11.9 Å². The molecule has 2 rings (SSSR count). The number of nitrogens with zero attached hydrogens (tertiary/aromatic N) is 5. The zero-order valence-corrected chi connectivity index (χ0v) is 11.0. The maximum Gasteiger partial charge on any atom is 0.246 e. The first-order valence-electron chi connectivity index (χ1n) is 6.05. The molecule has 7 heteroatoms. The average Bonchev–Trinajstić information content (AvgIpc) is 2.46. The predicted molar refractivity (Wildman–Crippen MR) is 69.4 cm³/mol. The van der Waals surface area contributed by atoms with Crippen molar-refractivity contribution in [1.29, 1.82) is 5.26 Å². The van der Waals surface area contributed by atoms with E-state index in [0.717, 1.165) is 6.54 Å². The van der Waals surface area contributed by atoms with Crippen LogP contribution < -0.4 is 10.2 Å². The van der Waals surface area contributed by atoms with E-state index in [2.05, 4.69) is 15.3 Å². The summed E-state index contributed by atoms with van der Waals surface area (Å²) in [6.45, 7) is 1.95. The molecular formula is C12H16N6O. The Morgan fingerprint density at radius 3 is 3.11 bits per heavy atom. The minimum Gasteiger partial charge on any atom is -0.347 e. The molecule has 0 aromatic carbocycles. The van der Waals surface area contributed by atoms with E-state index in [4.69, 9.17) is 5.26 Å². The first kappa shape index (κ1) is 13.2. The summed E-state index contributed by atoms with van der Waals surface area (Å²) in [4.78, 5) is 23.9. The van der Waals surface area contributed by atoms with E-state index in [1.807, 2.05) is 11.0 Å². The van der Waals surface area contributed by atoms with Gasteiger partial charge in [0.1, 0.15) is 17.8 Å². The Labute approximate surface area is 111 Å². The minimum absolute atomic E-state index is 0.00170. The SMILES string of the molecule is CN(C)C(=O)C1CNCCN1c1nccc(C#N)n1. The quantitative estimate of drug-likeness (QED) is 0.750. The Hall–Kier alpha value is -2.20. The first-order chi connectivity index (χ1) is 9.13. The van der Waals surface area contributed by atoms with Crippen LogP contribution in [0.3, 0.4) is 0 Å². The third kappa shape index (κ3) is 2.80. The van der Waals surface area contributed by atoms with Crippen LogP contribution in [0.25, 0.3) is 0 Å². The van der Waals surface area contributed by atoms with Gasteiger partial charge in [-0.1, -0.05) is 0 Å². The third-order valence-corrected chi connectivity index (χ3v) is 2.98. The molecule has 1 atom stereocenters. The monoisotopic (exact) mass is 260 g/mol. The van der Waals surface area contributed by atoms with Gasteiger partial charge in [-0.25, -0.2) is 9.97 Å². The van der Waals surface area contributed by atoms with Crippen LogP contribution in [0, 0.1) is 11.3 Å². The summed E-state index contributed by atoms with van der Waals surface area (Å²) in [6, 6.07) is 3.20. The van der Waals surface area contributed by atoms with Crippen molar-refractivity contribution in [3.63, 3.8) is 0 Å². The maximum absolute atomic E-state index is 12.2. The van der Waals surface area contributed by atoms with E-state index in [1.54, 1.807) is 31.3 Å². The Bertz CT molecular complexity index is 509. The highest BCUT2D eigenvalue weighted by Gasteiger charge is 2.31. The number of hydrogen-bond donors (Lipinski definition) is 1. The van der Waals surface area contributed by atoms with Gasteiger partial charge in [0.25, 0.3) is 0 Å². The molecule has 1 aromatic heterocycles. The lowest BCUT2D eigenvalue weighted by atomic mass is 10.2. The van der Waals surface area contributed by atoms with Crippen LogP contribution in [0.15, 0.2) is 12.3 Å². The zero-order valence-electron chi connectivity index (χ0n) is 11.0. The molecule has 1 N–H and O–H groups in total. The molecule has 1 fully saturated rings. The summed E-state index contributed by atoms with van der Waals surface area (Å²) in [6.07, 6.45) is 1.54. The smallest absolute Gasteiger partial charge is 0.246 e. The largest absolute Gasteiger partial charge is 0.347 e. The second kappa shape index (κ2) is 5.63. The summed E-state index contributed by atoms with van der Waals surface area (Å²) >= 11 is 0. The Morgan fingerprint density at radius 1 is 1.63 bits per heavy atom. The summed E-state index contributed by atoms with van der Waals surface area (Å²) in [7, 11) is 3.45. The molecule has 1 aliphatic heterocycles. The van der Waals surface area contributed by atoms with E-state index in [1.165, 1.54) is 0 Å². The maximum atomic E-state index is 12.2. The van der Waals surface area contributed by atoms with Crippen LogP contribution in [0.4, 0.5) is 5.95 Å². The second-order valence-corrected chi connectivity index (χ2v) is 4.50. The second-order valence-electron chi connectivity index (χ2n) is 4.50. The van der Waals surface area contributed by atoms with Crippen LogP contribution in [-0.4, -0.2) is 60.5 Å². The molecule has 1 aromatic rings. The summed E-state index contributed by atoms with van der Waals surface area (Å²) < 4.78 is 0. The van der Waals surface area contributed by atoms with Gasteiger partial charge in [-0.2, -0.15) is 5.26 Å². The number of nitriles is 1. The highest BCUT2D eigenvalue weighted by Crippen LogP contribution is 2.14. The van der Waals surface area contributed by atoms with Crippen LogP contribution in [-0.2, 0) is 4.79 Å². The van der Waals surface area contributed by atoms with Crippen LogP contribution >= 0.6 is 0 Å². The van der Waals surface area contributed by atoms with E-state index < -0.39 is 0 Å². The molecule has 0 bridgehead atoms. The molecule has 7 nitrogen and oxygen atoms in total. The molecule has 1 aliphatic rings. The molecule has 0 saturated carbocycles. The van der Waals surface area contributed by atoms with Gasteiger partial charge in [0.05, 0.1) is 0 Å². The van der Waals surface area contributed by atoms with E-state index >= 15 is 0 Å². The van der Waals surface area contributed by atoms with Gasteiger partial charge in [0.15, 0.2) is 0 Å². The number of piperazine rings is 1. The highest BCUT2D eigenvalue weighted by atomic mass is 16.2. The fourth-order valence-electron chi connectivity index (χ4n) is 2.01. The first-order valence-corrected chi connectivity index (χ1v) is 6.05. The molecule has 0 spiro atoms. The molecule has 19 heavy (non-hydrogen) atoms. The third-order valence-electron chi connectivity index (χ3n) is 2.98. The topological polar surface area (TPSA) is 85.2 Å². The Balaban J connectivity index is 2.29. The van der Waals surface area contributed by atoms with Crippen LogP contribution in [0.2, 0.25) is 0 Å². The minimum atomic E-state index is -0.335. The number of carbonyl (C=O) groups excluding carboxylic acids is 1. The van der Waals surface area contributed by atoms with Crippen molar-refractivity contribution in [2.24, 2.45) is 0 Å². The van der Waals surface area contributed by atoms with Crippen LogP contribution in [0.5, 0.6) is 0 Å². The summed E-state index contributed by atoms with van der Waals surface area (Å²) in [5, 5.41) is 12.1. The molecule has 0 radical (unpaired) electrons. The number of amides is 1. The number of rotatable bonds is 2. The lowest BCUT2D eigenvalue weighted by Crippen LogP contribution is -2.58. The fourth-order valence-corrected chi connectivity index (χ4v) is 2.01. The number of aromatic nitrogens is 2. The number of hydrogen-bond acceptors (Lipinski definition) is 6. The van der Waals surface area contributed by atoms with E-state index in [-0.39, 0.29) is 11.9 Å². The molecule has 100 valence electrons. The molecule has 1 unspecified atom stereocenters. The van der Waals surface area contributed by atoms with Gasteiger partial charge >= 0.3 is 0 Å². The number of carbonyl (C=O) groups is 1. The van der Waals surface area contributed by atoms with Crippen molar-refractivity contribution in [2.75, 3.05) is 38.6 Å². The van der Waals surface area contributed by atoms with Crippen molar-refractivity contribution in [2.45, 2.75) is 6.04 Å². The van der Waals surface area contributed by atoms with Gasteiger partial charge in [0, 0.05) is 39.9 Å². The summed E-state index contributed by atoms with van der Waals surface area (Å²) in [5.74, 6) is 0.430.